The van der Waals surface area contributed by atoms with Crippen molar-refractivity contribution in [2.45, 2.75) is 70.7 Å². The molecule has 6 heteroatoms. The van der Waals surface area contributed by atoms with Crippen molar-refractivity contribution in [1.29, 1.82) is 0 Å². The molecule has 1 aliphatic carbocycles. The Hall–Kier alpha value is -1.53. The highest BCUT2D eigenvalue weighted by molar-refractivity contribution is 6.62. The summed E-state index contributed by atoms with van der Waals surface area (Å²) < 4.78 is 18.3. The van der Waals surface area contributed by atoms with Gasteiger partial charge < -0.3 is 18.9 Å². The van der Waals surface area contributed by atoms with Gasteiger partial charge in [-0.2, -0.15) is 0 Å². The highest BCUT2D eigenvalue weighted by Gasteiger charge is 2.51. The summed E-state index contributed by atoms with van der Waals surface area (Å²) in [6.45, 7) is 9.86. The Kier molecular flexibility index (Phi) is 4.75. The summed E-state index contributed by atoms with van der Waals surface area (Å²) in [5, 5.41) is 0. The molecular weight excluding hydrogens is 341 g/mol. The van der Waals surface area contributed by atoms with E-state index in [1.165, 1.54) is 0 Å². The van der Waals surface area contributed by atoms with Gasteiger partial charge in [-0.25, -0.2) is 0 Å². The second-order valence-electron chi connectivity index (χ2n) is 9.07. The van der Waals surface area contributed by atoms with E-state index < -0.39 is 0 Å². The molecule has 1 aromatic carbocycles. The van der Waals surface area contributed by atoms with Crippen molar-refractivity contribution < 1.29 is 18.8 Å². The van der Waals surface area contributed by atoms with E-state index in [1.54, 1.807) is 0 Å². The summed E-state index contributed by atoms with van der Waals surface area (Å²) in [5.41, 5.74) is 0.336. The van der Waals surface area contributed by atoms with Crippen LogP contribution in [-0.4, -0.2) is 48.3 Å². The van der Waals surface area contributed by atoms with Crippen LogP contribution in [0.25, 0.3) is 0 Å². The smallest absolute Gasteiger partial charge is 0.490 e. The zero-order valence-electron chi connectivity index (χ0n) is 16.9. The number of carbonyl (C=O) groups is 1. The van der Waals surface area contributed by atoms with E-state index in [0.29, 0.717) is 11.8 Å². The predicted octanol–water partition coefficient (Wildman–Crippen LogP) is 2.77. The van der Waals surface area contributed by atoms with Gasteiger partial charge in [0.25, 0.3) is 0 Å². The summed E-state index contributed by atoms with van der Waals surface area (Å²) in [6, 6.07) is 8.01. The first-order valence-corrected chi connectivity index (χ1v) is 10.2. The van der Waals surface area contributed by atoms with Crippen LogP contribution in [0.15, 0.2) is 24.3 Å². The lowest BCUT2D eigenvalue weighted by Crippen LogP contribution is -2.42. The van der Waals surface area contributed by atoms with Crippen LogP contribution in [-0.2, 0) is 14.1 Å². The summed E-state index contributed by atoms with van der Waals surface area (Å²) >= 11 is 0. The summed E-state index contributed by atoms with van der Waals surface area (Å²) in [5.74, 6) is 1.52. The van der Waals surface area contributed by atoms with Gasteiger partial charge in [-0.1, -0.05) is 12.1 Å². The topological polar surface area (TPSA) is 48.0 Å². The van der Waals surface area contributed by atoms with E-state index in [9.17, 15) is 4.79 Å². The minimum Gasteiger partial charge on any atom is -0.490 e. The van der Waals surface area contributed by atoms with Gasteiger partial charge in [0.05, 0.1) is 11.2 Å². The maximum atomic E-state index is 12.1. The Morgan fingerprint density at radius 1 is 1.00 bits per heavy atom. The van der Waals surface area contributed by atoms with Crippen LogP contribution in [0.2, 0.25) is 0 Å². The molecule has 1 saturated carbocycles. The maximum absolute atomic E-state index is 12.1. The van der Waals surface area contributed by atoms with Gasteiger partial charge in [0, 0.05) is 31.8 Å². The van der Waals surface area contributed by atoms with E-state index in [0.717, 1.165) is 50.0 Å². The largest absolute Gasteiger partial charge is 0.494 e. The normalized spacial score (nSPS) is 24.9. The van der Waals surface area contributed by atoms with Crippen LogP contribution in [0.1, 0.15) is 53.4 Å². The van der Waals surface area contributed by atoms with E-state index in [4.69, 9.17) is 14.0 Å². The predicted molar refractivity (Wildman–Crippen MR) is 105 cm³/mol. The third kappa shape index (κ3) is 3.88. The Morgan fingerprint density at radius 3 is 2.07 bits per heavy atom. The first-order chi connectivity index (χ1) is 12.7. The molecule has 27 heavy (non-hydrogen) atoms. The fourth-order valence-corrected chi connectivity index (χ4v) is 3.66. The average Bonchev–Trinajstić information content (AvgIpc) is 3.43. The monoisotopic (exact) mass is 371 g/mol. The second-order valence-corrected chi connectivity index (χ2v) is 9.07. The van der Waals surface area contributed by atoms with Gasteiger partial charge >= 0.3 is 7.12 Å². The molecule has 1 amide bonds. The number of ether oxygens (including phenoxy) is 1. The Labute approximate surface area is 162 Å². The molecule has 0 spiro atoms. The molecule has 0 unspecified atom stereocenters. The zero-order chi connectivity index (χ0) is 19.2. The van der Waals surface area contributed by atoms with Gasteiger partial charge in [0.1, 0.15) is 11.9 Å². The lowest BCUT2D eigenvalue weighted by atomic mass is 9.79. The molecule has 5 nitrogen and oxygen atoms in total. The lowest BCUT2D eigenvalue weighted by Gasteiger charge is -2.32. The Morgan fingerprint density at radius 2 is 1.56 bits per heavy atom. The van der Waals surface area contributed by atoms with Crippen LogP contribution in [0, 0.1) is 5.92 Å². The molecular formula is C21H30BNO4. The molecule has 0 N–H and O–H groups in total. The molecule has 0 radical (unpaired) electrons. The molecule has 0 atom stereocenters. The number of piperidine rings is 1. The number of rotatable bonds is 4. The molecule has 146 valence electrons. The van der Waals surface area contributed by atoms with E-state index in [1.807, 2.05) is 29.2 Å². The van der Waals surface area contributed by atoms with Crippen molar-refractivity contribution in [3.8, 4) is 5.75 Å². The molecule has 0 bridgehead atoms. The first kappa shape index (κ1) is 18.8. The van der Waals surface area contributed by atoms with Crippen LogP contribution in [0.4, 0.5) is 0 Å². The molecule has 0 aromatic heterocycles. The first-order valence-electron chi connectivity index (χ1n) is 10.2. The fourth-order valence-electron chi connectivity index (χ4n) is 3.66. The molecule has 3 fully saturated rings. The number of benzene rings is 1. The highest BCUT2D eigenvalue weighted by atomic mass is 16.7. The van der Waals surface area contributed by atoms with Crippen molar-refractivity contribution in [3.63, 3.8) is 0 Å². The van der Waals surface area contributed by atoms with Gasteiger partial charge in [-0.15, -0.1) is 0 Å². The molecule has 2 saturated heterocycles. The average molecular weight is 371 g/mol. The zero-order valence-corrected chi connectivity index (χ0v) is 16.9. The minimum absolute atomic E-state index is 0.177. The summed E-state index contributed by atoms with van der Waals surface area (Å²) in [4.78, 5) is 14.2. The van der Waals surface area contributed by atoms with Crippen molar-refractivity contribution >= 4 is 18.5 Å². The van der Waals surface area contributed by atoms with E-state index >= 15 is 0 Å². The van der Waals surface area contributed by atoms with Crippen LogP contribution >= 0.6 is 0 Å². The standard InChI is InChI=1S/C21H30BNO4/c1-20(2)21(3,4)27-22(26-20)16-7-9-17(10-8-16)25-18-11-13-23(14-12-18)19(24)15-5-6-15/h7-10,15,18H,5-6,11-14H2,1-4H3. The van der Waals surface area contributed by atoms with Gasteiger partial charge in [-0.05, 0) is 58.1 Å². The van der Waals surface area contributed by atoms with Gasteiger partial charge in [0.15, 0.2) is 0 Å². The third-order valence-electron chi connectivity index (χ3n) is 6.39. The molecule has 4 rings (SSSR count). The Balaban J connectivity index is 1.31. The number of carbonyl (C=O) groups excluding carboxylic acids is 1. The highest BCUT2D eigenvalue weighted by Crippen LogP contribution is 2.36. The number of hydrogen-bond donors (Lipinski definition) is 0. The van der Waals surface area contributed by atoms with Crippen LogP contribution in [0.3, 0.4) is 0 Å². The van der Waals surface area contributed by atoms with Gasteiger partial charge in [-0.3, -0.25) is 4.79 Å². The van der Waals surface area contributed by atoms with E-state index in [-0.39, 0.29) is 24.4 Å². The van der Waals surface area contributed by atoms with Crippen molar-refractivity contribution in [1.82, 2.24) is 4.90 Å². The molecule has 2 aliphatic heterocycles. The van der Waals surface area contributed by atoms with Crippen molar-refractivity contribution in [2.75, 3.05) is 13.1 Å². The number of hydrogen-bond acceptors (Lipinski definition) is 4. The maximum Gasteiger partial charge on any atom is 0.494 e. The Bertz CT molecular complexity index is 675. The fraction of sp³-hybridized carbons (Fsp3) is 0.667. The third-order valence-corrected chi connectivity index (χ3v) is 6.39. The number of amides is 1. The summed E-state index contributed by atoms with van der Waals surface area (Å²) in [6.07, 6.45) is 4.12. The second kappa shape index (κ2) is 6.82. The SMILES string of the molecule is CC1(C)OB(c2ccc(OC3CCN(C(=O)C4CC4)CC3)cc2)OC1(C)C. The van der Waals surface area contributed by atoms with Crippen LogP contribution in [0.5, 0.6) is 5.75 Å². The number of likely N-dealkylation sites (tertiary alicyclic amines) is 1. The van der Waals surface area contributed by atoms with Gasteiger partial charge in [0.2, 0.25) is 5.91 Å². The van der Waals surface area contributed by atoms with Crippen LogP contribution < -0.4 is 10.2 Å². The van der Waals surface area contributed by atoms with Crippen molar-refractivity contribution in [3.05, 3.63) is 24.3 Å². The molecule has 2 heterocycles. The summed E-state index contributed by atoms with van der Waals surface area (Å²) in [7, 11) is -0.347. The molecule has 1 aromatic rings. The lowest BCUT2D eigenvalue weighted by molar-refractivity contribution is -0.134. The quantitative estimate of drug-likeness (QED) is 0.764. The molecule has 3 aliphatic rings. The van der Waals surface area contributed by atoms with E-state index in [2.05, 4.69) is 27.7 Å². The number of nitrogens with zero attached hydrogens (tertiary/aromatic N) is 1. The minimum atomic E-state index is -0.347. The van der Waals surface area contributed by atoms with Crippen molar-refractivity contribution in [2.24, 2.45) is 5.92 Å².